The van der Waals surface area contributed by atoms with Gasteiger partial charge in [0.2, 0.25) is 5.89 Å². The van der Waals surface area contributed by atoms with Crippen LogP contribution in [-0.4, -0.2) is 44.1 Å². The van der Waals surface area contributed by atoms with E-state index in [-0.39, 0.29) is 5.89 Å². The van der Waals surface area contributed by atoms with Crippen LogP contribution in [0, 0.1) is 0 Å². The van der Waals surface area contributed by atoms with Gasteiger partial charge in [0.25, 0.3) is 5.89 Å². The zero-order valence-electron chi connectivity index (χ0n) is 16.1. The molecule has 2 N–H and O–H groups in total. The summed E-state index contributed by atoms with van der Waals surface area (Å²) in [6.07, 6.45) is 4.87. The molecule has 4 aromatic rings. The molecule has 0 aliphatic carbocycles. The minimum atomic E-state index is 0.280. The Kier molecular flexibility index (Phi) is 4.74. The summed E-state index contributed by atoms with van der Waals surface area (Å²) in [5.74, 6) is 1.000. The molecule has 0 bridgehead atoms. The number of rotatable bonds is 5. The van der Waals surface area contributed by atoms with Gasteiger partial charge in [-0.1, -0.05) is 30.8 Å². The maximum Gasteiger partial charge on any atom is 0.268 e. The van der Waals surface area contributed by atoms with Gasteiger partial charge in [-0.3, -0.25) is 4.98 Å². The highest BCUT2D eigenvalue weighted by Crippen LogP contribution is 2.26. The van der Waals surface area contributed by atoms with Gasteiger partial charge >= 0.3 is 0 Å². The quantitative estimate of drug-likeness (QED) is 0.557. The Morgan fingerprint density at radius 3 is 2.41 bits per heavy atom. The van der Waals surface area contributed by atoms with Crippen molar-refractivity contribution >= 4 is 11.5 Å². The zero-order chi connectivity index (χ0) is 20.4. The fourth-order valence-corrected chi connectivity index (χ4v) is 2.72. The smallest absolute Gasteiger partial charge is 0.268 e. The lowest BCUT2D eigenvalue weighted by atomic mass is 10.1. The molecule has 3 aromatic heterocycles. The van der Waals surface area contributed by atoms with Gasteiger partial charge in [-0.2, -0.15) is 0 Å². The monoisotopic (exact) mass is 385 g/mol. The molecule has 0 unspecified atom stereocenters. The summed E-state index contributed by atoms with van der Waals surface area (Å²) in [4.78, 5) is 14.8. The molecule has 29 heavy (non-hydrogen) atoms. The van der Waals surface area contributed by atoms with E-state index in [1.807, 2.05) is 43.3 Å². The van der Waals surface area contributed by atoms with Crippen molar-refractivity contribution in [1.29, 1.82) is 0 Å². The van der Waals surface area contributed by atoms with E-state index in [2.05, 4.69) is 31.7 Å². The Bertz CT molecular complexity index is 1170. The lowest BCUT2D eigenvalue weighted by Gasteiger charge is -2.15. The molecule has 1 aromatic carbocycles. The summed E-state index contributed by atoms with van der Waals surface area (Å²) in [6.45, 7) is 4.07. The number of nitrogen functional groups attached to an aromatic ring is 1. The van der Waals surface area contributed by atoms with E-state index < -0.39 is 0 Å². The van der Waals surface area contributed by atoms with Crippen molar-refractivity contribution < 1.29 is 4.42 Å². The average Bonchev–Trinajstić information content (AvgIpc) is 3.24. The molecular formula is C21H19N7O. The van der Waals surface area contributed by atoms with E-state index in [4.69, 9.17) is 10.2 Å². The Morgan fingerprint density at radius 1 is 0.966 bits per heavy atom. The maximum absolute atomic E-state index is 5.75. The van der Waals surface area contributed by atoms with Crippen molar-refractivity contribution in [3.8, 4) is 34.3 Å². The van der Waals surface area contributed by atoms with Gasteiger partial charge < -0.3 is 15.1 Å². The number of hydrogen-bond acceptors (Lipinski definition) is 8. The lowest BCUT2D eigenvalue weighted by Crippen LogP contribution is -2.08. The summed E-state index contributed by atoms with van der Waals surface area (Å²) >= 11 is 0. The average molecular weight is 385 g/mol. The standard InChI is InChI=1S/C21H19N7O/c1-13(28(2)3)14-4-6-15(7-5-14)17-11-23-12-18(25-17)21-27-26-20(29-21)16-8-9-24-19(22)10-16/h4-12H,1H2,2-3H3,(H2,22,24). The van der Waals surface area contributed by atoms with Crippen LogP contribution < -0.4 is 5.73 Å². The summed E-state index contributed by atoms with van der Waals surface area (Å²) < 4.78 is 5.75. The molecule has 0 aliphatic heterocycles. The highest BCUT2D eigenvalue weighted by molar-refractivity contribution is 5.67. The molecule has 0 fully saturated rings. The van der Waals surface area contributed by atoms with Gasteiger partial charge in [0.1, 0.15) is 11.5 Å². The van der Waals surface area contributed by atoms with Crippen LogP contribution in [0.2, 0.25) is 0 Å². The Balaban J connectivity index is 1.62. The SMILES string of the molecule is C=C(c1ccc(-c2cncc(-c3nnc(-c4ccnc(N)c4)o3)n2)cc1)N(C)C. The lowest BCUT2D eigenvalue weighted by molar-refractivity contribution is 0.581. The Hall–Kier alpha value is -4.07. The highest BCUT2D eigenvalue weighted by atomic mass is 16.4. The number of nitrogens with zero attached hydrogens (tertiary/aromatic N) is 6. The molecule has 8 heteroatoms. The Labute approximate surface area is 167 Å². The fourth-order valence-electron chi connectivity index (χ4n) is 2.72. The third kappa shape index (κ3) is 3.81. The molecule has 0 saturated carbocycles. The molecule has 8 nitrogen and oxygen atoms in total. The number of benzene rings is 1. The first-order valence-electron chi connectivity index (χ1n) is 8.86. The minimum absolute atomic E-state index is 0.280. The normalized spacial score (nSPS) is 10.7. The molecule has 0 saturated heterocycles. The van der Waals surface area contributed by atoms with Gasteiger partial charge in [-0.25, -0.2) is 9.97 Å². The molecule has 0 atom stereocenters. The zero-order valence-corrected chi connectivity index (χ0v) is 16.1. The van der Waals surface area contributed by atoms with Crippen molar-refractivity contribution in [3.63, 3.8) is 0 Å². The first kappa shape index (κ1) is 18.3. The van der Waals surface area contributed by atoms with E-state index in [1.54, 1.807) is 30.7 Å². The minimum Gasteiger partial charge on any atom is -0.415 e. The largest absolute Gasteiger partial charge is 0.415 e. The van der Waals surface area contributed by atoms with E-state index in [9.17, 15) is 0 Å². The summed E-state index contributed by atoms with van der Waals surface area (Å²) in [5, 5.41) is 8.16. The highest BCUT2D eigenvalue weighted by Gasteiger charge is 2.14. The van der Waals surface area contributed by atoms with Crippen LogP contribution in [0.5, 0.6) is 0 Å². The number of hydrogen-bond donors (Lipinski definition) is 1. The number of nitrogens with two attached hydrogens (primary N) is 1. The van der Waals surface area contributed by atoms with Gasteiger partial charge in [0.05, 0.1) is 18.1 Å². The molecule has 144 valence electrons. The number of aromatic nitrogens is 5. The maximum atomic E-state index is 5.75. The molecule has 0 spiro atoms. The molecule has 3 heterocycles. The molecule has 0 amide bonds. The first-order valence-corrected chi connectivity index (χ1v) is 8.86. The summed E-state index contributed by atoms with van der Waals surface area (Å²) in [5.41, 5.74) is 10.5. The summed E-state index contributed by atoms with van der Waals surface area (Å²) in [6, 6.07) is 11.4. The van der Waals surface area contributed by atoms with Crippen molar-refractivity contribution in [2.24, 2.45) is 0 Å². The second kappa shape index (κ2) is 7.51. The first-order chi connectivity index (χ1) is 14.0. The fraction of sp³-hybridized carbons (Fsp3) is 0.0952. The van der Waals surface area contributed by atoms with Gasteiger partial charge in [-0.05, 0) is 17.7 Å². The molecule has 4 rings (SSSR count). The van der Waals surface area contributed by atoms with Crippen LogP contribution in [0.4, 0.5) is 5.82 Å². The Morgan fingerprint density at radius 2 is 1.69 bits per heavy atom. The predicted molar refractivity (Wildman–Crippen MR) is 111 cm³/mol. The van der Waals surface area contributed by atoms with Crippen LogP contribution in [-0.2, 0) is 0 Å². The summed E-state index contributed by atoms with van der Waals surface area (Å²) in [7, 11) is 3.92. The molecule has 0 aliphatic rings. The van der Waals surface area contributed by atoms with E-state index >= 15 is 0 Å². The van der Waals surface area contributed by atoms with Crippen molar-refractivity contribution in [2.75, 3.05) is 19.8 Å². The van der Waals surface area contributed by atoms with Crippen LogP contribution in [0.3, 0.4) is 0 Å². The molecule has 0 radical (unpaired) electrons. The van der Waals surface area contributed by atoms with Crippen molar-refractivity contribution in [3.05, 3.63) is 67.1 Å². The van der Waals surface area contributed by atoms with Crippen LogP contribution >= 0.6 is 0 Å². The van der Waals surface area contributed by atoms with Crippen LogP contribution in [0.1, 0.15) is 5.56 Å². The van der Waals surface area contributed by atoms with E-state index in [0.29, 0.717) is 28.7 Å². The third-order valence-electron chi connectivity index (χ3n) is 4.36. The topological polar surface area (TPSA) is 107 Å². The second-order valence-electron chi connectivity index (χ2n) is 6.59. The van der Waals surface area contributed by atoms with Crippen molar-refractivity contribution in [2.45, 2.75) is 0 Å². The van der Waals surface area contributed by atoms with Crippen LogP contribution in [0.15, 0.2) is 66.0 Å². The number of pyridine rings is 1. The van der Waals surface area contributed by atoms with Crippen LogP contribution in [0.25, 0.3) is 40.0 Å². The number of anilines is 1. The van der Waals surface area contributed by atoms with Gasteiger partial charge in [-0.15, -0.1) is 10.2 Å². The molecular weight excluding hydrogens is 366 g/mol. The second-order valence-corrected chi connectivity index (χ2v) is 6.59. The van der Waals surface area contributed by atoms with Gasteiger partial charge in [0.15, 0.2) is 0 Å². The van der Waals surface area contributed by atoms with E-state index in [1.165, 1.54) is 0 Å². The van der Waals surface area contributed by atoms with E-state index in [0.717, 1.165) is 16.8 Å². The van der Waals surface area contributed by atoms with Crippen molar-refractivity contribution in [1.82, 2.24) is 30.0 Å². The third-order valence-corrected chi connectivity index (χ3v) is 4.36. The van der Waals surface area contributed by atoms with Gasteiger partial charge in [0, 0.05) is 37.1 Å². The predicted octanol–water partition coefficient (Wildman–Crippen LogP) is 3.37.